The van der Waals surface area contributed by atoms with Gasteiger partial charge in [-0.3, -0.25) is 0 Å². The van der Waals surface area contributed by atoms with E-state index >= 15 is 0 Å². The van der Waals surface area contributed by atoms with Crippen molar-refractivity contribution in [1.29, 1.82) is 0 Å². The first-order valence-electron chi connectivity index (χ1n) is 24.6. The zero-order valence-electron chi connectivity index (χ0n) is 41.3. The van der Waals surface area contributed by atoms with Gasteiger partial charge in [0.1, 0.15) is 0 Å². The van der Waals surface area contributed by atoms with E-state index < -0.39 is 0 Å². The number of thiophene rings is 2. The van der Waals surface area contributed by atoms with Crippen LogP contribution >= 0.6 is 22.7 Å². The molecule has 7 heterocycles. The predicted octanol–water partition coefficient (Wildman–Crippen LogP) is 16.2. The van der Waals surface area contributed by atoms with E-state index in [2.05, 4.69) is 218 Å². The average molecular weight is 918 g/mol. The highest BCUT2D eigenvalue weighted by Gasteiger charge is 2.47. The van der Waals surface area contributed by atoms with Gasteiger partial charge in [-0.2, -0.15) is 0 Å². The number of anilines is 3. The topological polar surface area (TPSA) is 12.6 Å². The summed E-state index contributed by atoms with van der Waals surface area (Å²) in [6.07, 6.45) is 0. The number of fused-ring (bicyclic) bond motifs is 19. The fourth-order valence-electron chi connectivity index (χ4n) is 12.3. The molecule has 0 saturated carbocycles. The second-order valence-electron chi connectivity index (χ2n) is 24.2. The molecule has 0 N–H and O–H groups in total. The molecular weight excluding hydrogens is 862 g/mol. The molecule has 0 unspecified atom stereocenters. The quantitative estimate of drug-likeness (QED) is 0.150. The van der Waals surface area contributed by atoms with Crippen LogP contribution in [0.3, 0.4) is 0 Å². The van der Waals surface area contributed by atoms with Crippen molar-refractivity contribution in [1.82, 2.24) is 8.97 Å². The standard InChI is InChI=1S/C62H56BN3S2/c1-59(2,3)33-21-25-37(26-22-33)64-45-28-24-35(61(7,8)9)31-42(45)63-43-32-36(62(10,11)12)30-41-40-29-34(60(4,5)6)23-27-44(40)65(51(41)43)56-49-54-48(55(64)50(56)63)57-52(38-17-13-15-19-46(38)67-57)66(54)53-39-18-14-16-20-47(39)68-58(49)53/h13-32H,1-12H3. The molecule has 3 nitrogen and oxygen atoms in total. The second-order valence-corrected chi connectivity index (χ2v) is 26.3. The molecule has 2 aliphatic heterocycles. The van der Waals surface area contributed by atoms with E-state index in [0.29, 0.717) is 0 Å². The third-order valence-corrected chi connectivity index (χ3v) is 18.2. The molecule has 7 aromatic carbocycles. The van der Waals surface area contributed by atoms with Crippen LogP contribution in [0.25, 0.3) is 84.4 Å². The molecule has 0 fully saturated rings. The maximum atomic E-state index is 2.76. The van der Waals surface area contributed by atoms with Crippen molar-refractivity contribution in [3.05, 3.63) is 144 Å². The van der Waals surface area contributed by atoms with Gasteiger partial charge < -0.3 is 13.9 Å². The van der Waals surface area contributed by atoms with Gasteiger partial charge in [-0.05, 0) is 109 Å². The molecule has 68 heavy (non-hydrogen) atoms. The second kappa shape index (κ2) is 13.0. The lowest BCUT2D eigenvalue weighted by Gasteiger charge is -2.42. The first-order valence-corrected chi connectivity index (χ1v) is 26.2. The van der Waals surface area contributed by atoms with Gasteiger partial charge in [0.15, 0.2) is 0 Å². The Bertz CT molecular complexity index is 4180. The van der Waals surface area contributed by atoms with E-state index in [1.54, 1.807) is 0 Å². The van der Waals surface area contributed by atoms with Gasteiger partial charge in [-0.1, -0.05) is 156 Å². The van der Waals surface area contributed by atoms with Gasteiger partial charge >= 0.3 is 0 Å². The molecule has 0 bridgehead atoms. The van der Waals surface area contributed by atoms with E-state index in [4.69, 9.17) is 0 Å². The van der Waals surface area contributed by atoms with Crippen LogP contribution in [0.4, 0.5) is 17.1 Å². The van der Waals surface area contributed by atoms with Crippen molar-refractivity contribution in [2.45, 2.75) is 105 Å². The largest absolute Gasteiger partial charge is 0.311 e. The molecule has 0 atom stereocenters. The summed E-state index contributed by atoms with van der Waals surface area (Å²) in [5.41, 5.74) is 21.4. The lowest BCUT2D eigenvalue weighted by Crippen LogP contribution is -2.61. The Balaban J connectivity index is 1.29. The summed E-state index contributed by atoms with van der Waals surface area (Å²) in [7, 11) is 0. The Morgan fingerprint density at radius 2 is 0.941 bits per heavy atom. The number of hydrogen-bond acceptors (Lipinski definition) is 3. The normalized spacial score (nSPS) is 14.4. The third-order valence-electron chi connectivity index (χ3n) is 15.8. The predicted molar refractivity (Wildman–Crippen MR) is 300 cm³/mol. The van der Waals surface area contributed by atoms with E-state index in [1.165, 1.54) is 140 Å². The fourth-order valence-corrected chi connectivity index (χ4v) is 14.7. The molecule has 0 saturated heterocycles. The summed E-state index contributed by atoms with van der Waals surface area (Å²) >= 11 is 3.96. The number of benzene rings is 7. The van der Waals surface area contributed by atoms with Crippen molar-refractivity contribution < 1.29 is 0 Å². The SMILES string of the molecule is CC(C)(C)c1ccc(N2c3ccc(C(C)(C)C)cc3B3c4c2c2c5sc6ccccc6c5n5c6c7ccccc7sc6c(c4-n4c6ccc(C(C)(C)C)cc6c6cc(C(C)(C)C)cc3c64)c25)cc1. The van der Waals surface area contributed by atoms with Crippen LogP contribution in [-0.4, -0.2) is 15.7 Å². The van der Waals surface area contributed by atoms with Crippen molar-refractivity contribution in [2.24, 2.45) is 0 Å². The molecule has 14 rings (SSSR count). The highest BCUT2D eigenvalue weighted by Crippen LogP contribution is 2.57. The summed E-state index contributed by atoms with van der Waals surface area (Å²) < 4.78 is 10.9. The number of hydrogen-bond donors (Lipinski definition) is 0. The zero-order valence-corrected chi connectivity index (χ0v) is 42.9. The van der Waals surface area contributed by atoms with Gasteiger partial charge in [0.25, 0.3) is 6.71 Å². The van der Waals surface area contributed by atoms with Crippen molar-refractivity contribution in [2.75, 3.05) is 4.90 Å². The molecule has 12 aromatic rings. The highest BCUT2D eigenvalue weighted by atomic mass is 32.1. The van der Waals surface area contributed by atoms with Gasteiger partial charge in [-0.15, -0.1) is 22.7 Å². The molecule has 0 amide bonds. The summed E-state index contributed by atoms with van der Waals surface area (Å²) in [5, 5.41) is 8.11. The molecule has 5 aromatic heterocycles. The van der Waals surface area contributed by atoms with Gasteiger partial charge in [0, 0.05) is 58.6 Å². The maximum Gasteiger partial charge on any atom is 0.252 e. The molecule has 0 spiro atoms. The van der Waals surface area contributed by atoms with E-state index in [9.17, 15) is 0 Å². The highest BCUT2D eigenvalue weighted by molar-refractivity contribution is 7.28. The van der Waals surface area contributed by atoms with Crippen LogP contribution in [0.1, 0.15) is 105 Å². The Kier molecular flexibility index (Phi) is 7.80. The summed E-state index contributed by atoms with van der Waals surface area (Å²) in [5.74, 6) is 0. The number of rotatable bonds is 1. The molecule has 6 heteroatoms. The molecule has 0 radical (unpaired) electrons. The van der Waals surface area contributed by atoms with Crippen LogP contribution in [0, 0.1) is 0 Å². The van der Waals surface area contributed by atoms with Crippen LogP contribution in [0.2, 0.25) is 0 Å². The van der Waals surface area contributed by atoms with Crippen LogP contribution < -0.4 is 21.3 Å². The van der Waals surface area contributed by atoms with Crippen molar-refractivity contribution in [3.8, 4) is 5.69 Å². The maximum absolute atomic E-state index is 2.76. The Labute approximate surface area is 407 Å². The first-order chi connectivity index (χ1) is 32.3. The minimum absolute atomic E-state index is 0.00328. The van der Waals surface area contributed by atoms with Gasteiger partial charge in [0.05, 0.1) is 42.8 Å². The summed E-state index contributed by atoms with van der Waals surface area (Å²) in [4.78, 5) is 2.69. The smallest absolute Gasteiger partial charge is 0.252 e. The van der Waals surface area contributed by atoms with Gasteiger partial charge in [0.2, 0.25) is 0 Å². The number of aromatic nitrogens is 2. The Morgan fingerprint density at radius 1 is 0.426 bits per heavy atom. The average Bonchev–Trinajstić information content (AvgIpc) is 4.08. The first kappa shape index (κ1) is 40.9. The van der Waals surface area contributed by atoms with E-state index in [1.807, 2.05) is 22.7 Å². The minimum Gasteiger partial charge on any atom is -0.311 e. The van der Waals surface area contributed by atoms with Gasteiger partial charge in [-0.25, -0.2) is 0 Å². The summed E-state index contributed by atoms with van der Waals surface area (Å²) in [6, 6.07) is 48.0. The molecule has 334 valence electrons. The van der Waals surface area contributed by atoms with E-state index in [-0.39, 0.29) is 28.4 Å². The molecule has 0 aliphatic carbocycles. The lowest BCUT2D eigenvalue weighted by molar-refractivity contribution is 0.590. The summed E-state index contributed by atoms with van der Waals surface area (Å²) in [6.45, 7) is 28.3. The zero-order chi connectivity index (χ0) is 46.9. The van der Waals surface area contributed by atoms with Crippen LogP contribution in [0.15, 0.2) is 121 Å². The van der Waals surface area contributed by atoms with E-state index in [0.717, 1.165) is 0 Å². The minimum atomic E-state index is -0.0695. The molecular formula is C62H56BN3S2. The Hall–Kier alpha value is -6.08. The monoisotopic (exact) mass is 917 g/mol. The number of nitrogens with zero attached hydrogens (tertiary/aromatic N) is 3. The van der Waals surface area contributed by atoms with Crippen LogP contribution in [0.5, 0.6) is 0 Å². The lowest BCUT2D eigenvalue weighted by atomic mass is 9.33. The third kappa shape index (κ3) is 5.21. The van der Waals surface area contributed by atoms with Crippen molar-refractivity contribution in [3.63, 3.8) is 0 Å². The van der Waals surface area contributed by atoms with Crippen molar-refractivity contribution >= 4 is 142 Å². The fraction of sp³-hybridized carbons (Fsp3) is 0.258. The molecule has 2 aliphatic rings. The Morgan fingerprint density at radius 3 is 1.54 bits per heavy atom. The van der Waals surface area contributed by atoms with Crippen LogP contribution in [-0.2, 0) is 21.7 Å².